The van der Waals surface area contributed by atoms with E-state index >= 15 is 0 Å². The van der Waals surface area contributed by atoms with E-state index < -0.39 is 4.92 Å². The number of hydrogen-bond acceptors (Lipinski definition) is 4. The third kappa shape index (κ3) is 3.56. The largest absolute Gasteiger partial charge is 0.294 e. The molecule has 0 spiro atoms. The van der Waals surface area contributed by atoms with Gasteiger partial charge in [0, 0.05) is 23.8 Å². The Morgan fingerprint density at radius 2 is 1.90 bits per heavy atom. The molecule has 6 nitrogen and oxygen atoms in total. The van der Waals surface area contributed by atoms with Crippen LogP contribution >= 0.6 is 0 Å². The van der Waals surface area contributed by atoms with Gasteiger partial charge in [-0.15, -0.1) is 0 Å². The predicted molar refractivity (Wildman–Crippen MR) is 74.1 cm³/mol. The Labute approximate surface area is 120 Å². The first-order valence-electron chi connectivity index (χ1n) is 6.25. The van der Waals surface area contributed by atoms with Gasteiger partial charge in [0.15, 0.2) is 18.2 Å². The predicted octanol–water partition coefficient (Wildman–Crippen LogP) is 1.97. The van der Waals surface area contributed by atoms with Crippen molar-refractivity contribution in [1.29, 1.82) is 0 Å². The van der Waals surface area contributed by atoms with Crippen molar-refractivity contribution >= 4 is 17.3 Å². The first kappa shape index (κ1) is 14.5. The number of benzene rings is 1. The number of carbonyl (C=O) groups excluding carboxylic acids is 2. The number of rotatable bonds is 5. The van der Waals surface area contributed by atoms with Gasteiger partial charge in [0.2, 0.25) is 12.3 Å². The molecule has 0 fully saturated rings. The van der Waals surface area contributed by atoms with Crippen LogP contribution in [-0.4, -0.2) is 16.5 Å². The maximum Gasteiger partial charge on any atom is 0.270 e. The molecule has 0 saturated heterocycles. The highest BCUT2D eigenvalue weighted by atomic mass is 16.6. The molecule has 6 heteroatoms. The molecular formula is C15H13N2O4+. The molecular weight excluding hydrogens is 272 g/mol. The smallest absolute Gasteiger partial charge is 0.270 e. The maximum atomic E-state index is 12.1. The summed E-state index contributed by atoms with van der Waals surface area (Å²) in [4.78, 5) is 33.6. The summed E-state index contributed by atoms with van der Waals surface area (Å²) in [6, 6.07) is 8.93. The number of pyridine rings is 1. The second-order valence-electron chi connectivity index (χ2n) is 4.55. The Morgan fingerprint density at radius 3 is 2.57 bits per heavy atom. The zero-order chi connectivity index (χ0) is 15.4. The van der Waals surface area contributed by atoms with Crippen molar-refractivity contribution in [1.82, 2.24) is 0 Å². The minimum absolute atomic E-state index is 0.0162. The van der Waals surface area contributed by atoms with E-state index in [9.17, 15) is 19.7 Å². The van der Waals surface area contributed by atoms with E-state index in [4.69, 9.17) is 0 Å². The summed E-state index contributed by atoms with van der Waals surface area (Å²) in [7, 11) is 0. The summed E-state index contributed by atoms with van der Waals surface area (Å²) in [5.41, 5.74) is 0.651. The number of ketones is 2. The van der Waals surface area contributed by atoms with Gasteiger partial charge < -0.3 is 0 Å². The van der Waals surface area contributed by atoms with Gasteiger partial charge >= 0.3 is 0 Å². The Balaban J connectivity index is 2.22. The maximum absolute atomic E-state index is 12.1. The number of non-ortho nitro benzene ring substituents is 1. The van der Waals surface area contributed by atoms with E-state index in [1.165, 1.54) is 31.2 Å². The molecule has 0 aliphatic heterocycles. The van der Waals surface area contributed by atoms with Crippen molar-refractivity contribution in [2.75, 3.05) is 0 Å². The lowest BCUT2D eigenvalue weighted by Gasteiger charge is -2.00. The number of Topliss-reactive ketones (excluding diaryl/α,β-unsaturated/α-hetero) is 2. The van der Waals surface area contributed by atoms with E-state index in [0.29, 0.717) is 5.56 Å². The van der Waals surface area contributed by atoms with Crippen LogP contribution in [0.4, 0.5) is 5.69 Å². The van der Waals surface area contributed by atoms with Gasteiger partial charge in [-0.1, -0.05) is 12.1 Å². The van der Waals surface area contributed by atoms with Crippen LogP contribution in [0, 0.1) is 10.1 Å². The second kappa shape index (κ2) is 6.04. The third-order valence-corrected chi connectivity index (χ3v) is 2.97. The second-order valence-corrected chi connectivity index (χ2v) is 4.55. The van der Waals surface area contributed by atoms with Crippen LogP contribution in [0.5, 0.6) is 0 Å². The molecule has 0 bridgehead atoms. The van der Waals surface area contributed by atoms with Gasteiger partial charge in [-0.2, -0.15) is 4.57 Å². The van der Waals surface area contributed by atoms with Crippen molar-refractivity contribution in [2.45, 2.75) is 13.5 Å². The fourth-order valence-electron chi connectivity index (χ4n) is 1.88. The quantitative estimate of drug-likeness (QED) is 0.364. The van der Waals surface area contributed by atoms with Gasteiger partial charge in [-0.25, -0.2) is 0 Å². The average Bonchev–Trinajstić information content (AvgIpc) is 2.47. The molecule has 0 atom stereocenters. The monoisotopic (exact) mass is 285 g/mol. The van der Waals surface area contributed by atoms with E-state index in [2.05, 4.69) is 0 Å². The number of aromatic nitrogens is 1. The fourth-order valence-corrected chi connectivity index (χ4v) is 1.88. The van der Waals surface area contributed by atoms with Crippen LogP contribution in [0.2, 0.25) is 0 Å². The topological polar surface area (TPSA) is 81.2 Å². The van der Waals surface area contributed by atoms with Crippen LogP contribution in [0.15, 0.2) is 48.8 Å². The van der Waals surface area contributed by atoms with Crippen molar-refractivity contribution in [3.05, 3.63) is 70.0 Å². The van der Waals surface area contributed by atoms with Crippen LogP contribution in [0.25, 0.3) is 0 Å². The lowest BCUT2D eigenvalue weighted by atomic mass is 10.1. The summed E-state index contributed by atoms with van der Waals surface area (Å²) in [6.07, 6.45) is 3.25. The molecule has 2 aromatic rings. The summed E-state index contributed by atoms with van der Waals surface area (Å²) in [5, 5.41) is 10.7. The summed E-state index contributed by atoms with van der Waals surface area (Å²) < 4.78 is 1.58. The summed E-state index contributed by atoms with van der Waals surface area (Å²) >= 11 is 0. The zero-order valence-corrected chi connectivity index (χ0v) is 11.4. The van der Waals surface area contributed by atoms with E-state index in [-0.39, 0.29) is 29.4 Å². The molecule has 2 rings (SSSR count). The number of carbonyl (C=O) groups is 2. The summed E-state index contributed by atoms with van der Waals surface area (Å²) in [6.45, 7) is 1.46. The molecule has 0 amide bonds. The van der Waals surface area contributed by atoms with Gasteiger partial charge in [0.05, 0.1) is 10.5 Å². The number of hydrogen-bond donors (Lipinski definition) is 0. The minimum Gasteiger partial charge on any atom is -0.294 e. The van der Waals surface area contributed by atoms with Crippen molar-refractivity contribution in [2.24, 2.45) is 0 Å². The molecule has 0 N–H and O–H groups in total. The van der Waals surface area contributed by atoms with Crippen molar-refractivity contribution in [3.63, 3.8) is 0 Å². The average molecular weight is 285 g/mol. The molecule has 0 unspecified atom stereocenters. The van der Waals surface area contributed by atoms with Gasteiger partial charge in [-0.05, 0) is 13.0 Å². The highest BCUT2D eigenvalue weighted by molar-refractivity contribution is 5.96. The van der Waals surface area contributed by atoms with Gasteiger partial charge in [0.25, 0.3) is 5.69 Å². The molecule has 1 heterocycles. The third-order valence-electron chi connectivity index (χ3n) is 2.97. The first-order valence-corrected chi connectivity index (χ1v) is 6.25. The lowest BCUT2D eigenvalue weighted by molar-refractivity contribution is -0.683. The van der Waals surface area contributed by atoms with Crippen LogP contribution < -0.4 is 4.57 Å². The molecule has 21 heavy (non-hydrogen) atoms. The van der Waals surface area contributed by atoms with Crippen molar-refractivity contribution < 1.29 is 19.1 Å². The molecule has 0 aliphatic rings. The standard InChI is InChI=1S/C15H13N2O4/c1-11(18)13-5-3-7-16(9-13)10-15(19)12-4-2-6-14(8-12)17(20)21/h2-9H,10H2,1H3/q+1. The van der Waals surface area contributed by atoms with E-state index in [1.807, 2.05) is 0 Å². The highest BCUT2D eigenvalue weighted by Gasteiger charge is 2.16. The molecule has 0 aliphatic carbocycles. The molecule has 106 valence electrons. The highest BCUT2D eigenvalue weighted by Crippen LogP contribution is 2.13. The van der Waals surface area contributed by atoms with E-state index in [0.717, 1.165) is 0 Å². The SMILES string of the molecule is CC(=O)c1ccc[n+](CC(=O)c2cccc([N+](=O)[O-])c2)c1. The molecule has 1 aromatic carbocycles. The zero-order valence-electron chi connectivity index (χ0n) is 11.4. The Bertz CT molecular complexity index is 725. The Hall–Kier alpha value is -2.89. The molecule has 0 saturated carbocycles. The minimum atomic E-state index is -0.541. The van der Waals surface area contributed by atoms with Crippen LogP contribution in [0.1, 0.15) is 27.6 Å². The first-order chi connectivity index (χ1) is 9.97. The van der Waals surface area contributed by atoms with E-state index in [1.54, 1.807) is 29.1 Å². The number of nitro benzene ring substituents is 1. The van der Waals surface area contributed by atoms with Crippen LogP contribution in [0.3, 0.4) is 0 Å². The van der Waals surface area contributed by atoms with Crippen molar-refractivity contribution in [3.8, 4) is 0 Å². The lowest BCUT2D eigenvalue weighted by Crippen LogP contribution is -2.37. The normalized spacial score (nSPS) is 10.1. The molecule has 0 radical (unpaired) electrons. The number of nitro groups is 1. The van der Waals surface area contributed by atoms with Crippen LogP contribution in [-0.2, 0) is 6.54 Å². The Morgan fingerprint density at radius 1 is 1.19 bits per heavy atom. The fraction of sp³-hybridized carbons (Fsp3) is 0.133. The number of nitrogens with zero attached hydrogens (tertiary/aromatic N) is 2. The molecule has 1 aromatic heterocycles. The van der Waals surface area contributed by atoms with Gasteiger partial charge in [0.1, 0.15) is 0 Å². The summed E-state index contributed by atoms with van der Waals surface area (Å²) in [5.74, 6) is -0.350. The van der Waals surface area contributed by atoms with Gasteiger partial charge in [-0.3, -0.25) is 19.7 Å². The Kier molecular flexibility index (Phi) is 4.18.